The van der Waals surface area contributed by atoms with E-state index >= 15 is 0 Å². The number of anilines is 1. The van der Waals surface area contributed by atoms with Gasteiger partial charge in [-0.15, -0.1) is 0 Å². The molecule has 0 fully saturated rings. The van der Waals surface area contributed by atoms with E-state index in [4.69, 9.17) is 0 Å². The van der Waals surface area contributed by atoms with Gasteiger partial charge in [-0.1, -0.05) is 32.0 Å². The molecular weight excluding hydrogens is 266 g/mol. The van der Waals surface area contributed by atoms with E-state index in [0.717, 1.165) is 6.42 Å². The number of hydrogen-bond acceptors (Lipinski definition) is 3. The fourth-order valence-corrected chi connectivity index (χ4v) is 2.15. The van der Waals surface area contributed by atoms with Crippen molar-refractivity contribution in [3.8, 4) is 0 Å². The van der Waals surface area contributed by atoms with Crippen LogP contribution in [0.15, 0.2) is 30.3 Å². The van der Waals surface area contributed by atoms with E-state index < -0.39 is 11.8 Å². The summed E-state index contributed by atoms with van der Waals surface area (Å²) in [4.78, 5) is 25.9. The van der Waals surface area contributed by atoms with E-state index in [1.165, 1.54) is 0 Å². The van der Waals surface area contributed by atoms with Crippen LogP contribution in [0, 0.1) is 5.92 Å². The lowest BCUT2D eigenvalue weighted by atomic mass is 10.0. The van der Waals surface area contributed by atoms with Gasteiger partial charge in [-0.2, -0.15) is 0 Å². The normalized spacial score (nSPS) is 12.3. The van der Waals surface area contributed by atoms with Crippen molar-refractivity contribution in [3.63, 3.8) is 0 Å². The van der Waals surface area contributed by atoms with Gasteiger partial charge < -0.3 is 15.5 Å². The number of carbonyl (C=O) groups is 2. The maximum Gasteiger partial charge on any atom is 0.313 e. The van der Waals surface area contributed by atoms with E-state index in [2.05, 4.69) is 24.5 Å². The summed E-state index contributed by atoms with van der Waals surface area (Å²) in [6.07, 6.45) is 0.836. The Labute approximate surface area is 126 Å². The first-order chi connectivity index (χ1) is 9.88. The van der Waals surface area contributed by atoms with Crippen molar-refractivity contribution in [1.29, 1.82) is 0 Å². The van der Waals surface area contributed by atoms with E-state index in [-0.39, 0.29) is 6.04 Å². The van der Waals surface area contributed by atoms with Gasteiger partial charge in [0.15, 0.2) is 0 Å². The lowest BCUT2D eigenvalue weighted by Gasteiger charge is -2.23. The average molecular weight is 291 g/mol. The number of nitrogens with zero attached hydrogens (tertiary/aromatic N) is 1. The van der Waals surface area contributed by atoms with Gasteiger partial charge in [0.05, 0.1) is 0 Å². The van der Waals surface area contributed by atoms with Crippen LogP contribution < -0.4 is 10.6 Å². The quantitative estimate of drug-likeness (QED) is 0.785. The summed E-state index contributed by atoms with van der Waals surface area (Å²) >= 11 is 0. The Hall–Kier alpha value is -1.88. The fourth-order valence-electron chi connectivity index (χ4n) is 2.15. The summed E-state index contributed by atoms with van der Waals surface area (Å²) in [7, 11) is 3.90. The molecule has 1 atom stereocenters. The molecule has 1 aromatic carbocycles. The molecule has 2 N–H and O–H groups in total. The van der Waals surface area contributed by atoms with Gasteiger partial charge in [-0.05, 0) is 38.6 Å². The number of carbonyl (C=O) groups excluding carboxylic acids is 2. The maximum absolute atomic E-state index is 12.0. The number of benzene rings is 1. The summed E-state index contributed by atoms with van der Waals surface area (Å²) in [6.45, 7) is 4.90. The largest absolute Gasteiger partial charge is 0.344 e. The van der Waals surface area contributed by atoms with Gasteiger partial charge >= 0.3 is 11.8 Å². The molecule has 0 heterocycles. The Balaban J connectivity index is 2.57. The summed E-state index contributed by atoms with van der Waals surface area (Å²) in [5.41, 5.74) is 0.616. The van der Waals surface area contributed by atoms with Crippen molar-refractivity contribution in [2.45, 2.75) is 26.3 Å². The highest BCUT2D eigenvalue weighted by Gasteiger charge is 2.20. The van der Waals surface area contributed by atoms with Crippen LogP contribution in [0.4, 0.5) is 5.69 Å². The van der Waals surface area contributed by atoms with Gasteiger partial charge in [-0.3, -0.25) is 9.59 Å². The molecule has 0 aliphatic carbocycles. The van der Waals surface area contributed by atoms with Gasteiger partial charge in [-0.25, -0.2) is 0 Å². The molecular formula is C16H25N3O2. The Morgan fingerprint density at radius 1 is 1.10 bits per heavy atom. The highest BCUT2D eigenvalue weighted by Crippen LogP contribution is 2.07. The van der Waals surface area contributed by atoms with Crippen LogP contribution in [-0.4, -0.2) is 43.4 Å². The van der Waals surface area contributed by atoms with Gasteiger partial charge in [0, 0.05) is 18.3 Å². The number of rotatable bonds is 6. The molecule has 0 aromatic heterocycles. The number of likely N-dealkylation sites (N-methyl/N-ethyl adjacent to an activating group) is 1. The molecule has 0 radical (unpaired) electrons. The van der Waals surface area contributed by atoms with Gasteiger partial charge in [0.2, 0.25) is 0 Å². The molecule has 21 heavy (non-hydrogen) atoms. The molecule has 0 saturated carbocycles. The molecule has 0 spiro atoms. The average Bonchev–Trinajstić information content (AvgIpc) is 2.38. The first-order valence-electron chi connectivity index (χ1n) is 7.20. The highest BCUT2D eigenvalue weighted by atomic mass is 16.2. The van der Waals surface area contributed by atoms with E-state index in [9.17, 15) is 9.59 Å². The van der Waals surface area contributed by atoms with Crippen molar-refractivity contribution >= 4 is 17.5 Å². The first-order valence-corrected chi connectivity index (χ1v) is 7.20. The van der Waals surface area contributed by atoms with Gasteiger partial charge in [0.1, 0.15) is 0 Å². The zero-order chi connectivity index (χ0) is 15.8. The minimum atomic E-state index is -0.631. The molecule has 0 saturated heterocycles. The van der Waals surface area contributed by atoms with E-state index in [1.54, 1.807) is 24.3 Å². The molecule has 0 unspecified atom stereocenters. The number of hydrogen-bond donors (Lipinski definition) is 2. The van der Waals surface area contributed by atoms with Crippen LogP contribution in [0.5, 0.6) is 0 Å². The van der Waals surface area contributed by atoms with Crippen molar-refractivity contribution < 1.29 is 9.59 Å². The Kier molecular flexibility index (Phi) is 6.88. The second-order valence-electron chi connectivity index (χ2n) is 5.88. The third-order valence-corrected chi connectivity index (χ3v) is 2.91. The van der Waals surface area contributed by atoms with E-state index in [1.807, 2.05) is 25.1 Å². The third kappa shape index (κ3) is 6.90. The second kappa shape index (κ2) is 8.42. The minimum Gasteiger partial charge on any atom is -0.344 e. The van der Waals surface area contributed by atoms with Crippen LogP contribution >= 0.6 is 0 Å². The van der Waals surface area contributed by atoms with Crippen LogP contribution in [-0.2, 0) is 9.59 Å². The van der Waals surface area contributed by atoms with Crippen LogP contribution in [0.1, 0.15) is 20.3 Å². The maximum atomic E-state index is 12.0. The zero-order valence-corrected chi connectivity index (χ0v) is 13.2. The fraction of sp³-hybridized carbons (Fsp3) is 0.500. The molecule has 1 aromatic rings. The molecule has 5 nitrogen and oxygen atoms in total. The highest BCUT2D eigenvalue weighted by molar-refractivity contribution is 6.39. The minimum absolute atomic E-state index is 0.0333. The lowest BCUT2D eigenvalue weighted by molar-refractivity contribution is -0.136. The molecule has 1 rings (SSSR count). The second-order valence-corrected chi connectivity index (χ2v) is 5.88. The Morgan fingerprint density at radius 3 is 2.24 bits per heavy atom. The standard InChI is InChI=1S/C16H25N3O2/c1-12(2)10-14(11-19(3)4)18-16(21)15(20)17-13-8-6-5-7-9-13/h5-9,12,14H,10-11H2,1-4H3,(H,17,20)(H,18,21)/t14-/m0/s1. The Bertz CT molecular complexity index is 448. The van der Waals surface area contributed by atoms with Crippen molar-refractivity contribution in [2.75, 3.05) is 26.0 Å². The first kappa shape index (κ1) is 17.2. The number of amides is 2. The van der Waals surface area contributed by atoms with E-state index in [0.29, 0.717) is 18.2 Å². The molecule has 116 valence electrons. The van der Waals surface area contributed by atoms with Gasteiger partial charge in [0.25, 0.3) is 0 Å². The SMILES string of the molecule is CC(C)C[C@@H](CN(C)C)NC(=O)C(=O)Nc1ccccc1. The molecule has 0 aliphatic rings. The zero-order valence-electron chi connectivity index (χ0n) is 13.2. The van der Waals surface area contributed by atoms with Crippen molar-refractivity contribution in [3.05, 3.63) is 30.3 Å². The molecule has 5 heteroatoms. The smallest absolute Gasteiger partial charge is 0.313 e. The predicted molar refractivity (Wildman–Crippen MR) is 85.0 cm³/mol. The molecule has 2 amide bonds. The van der Waals surface area contributed by atoms with Crippen molar-refractivity contribution in [1.82, 2.24) is 10.2 Å². The number of para-hydroxylation sites is 1. The third-order valence-electron chi connectivity index (χ3n) is 2.91. The summed E-state index contributed by atoms with van der Waals surface area (Å²) in [6, 6.07) is 8.93. The summed E-state index contributed by atoms with van der Waals surface area (Å²) in [5.74, 6) is -0.771. The lowest BCUT2D eigenvalue weighted by Crippen LogP contribution is -2.46. The Morgan fingerprint density at radius 2 is 1.71 bits per heavy atom. The number of nitrogens with one attached hydrogen (secondary N) is 2. The van der Waals surface area contributed by atoms with Crippen LogP contribution in [0.3, 0.4) is 0 Å². The summed E-state index contributed by atoms with van der Waals surface area (Å²) < 4.78 is 0. The predicted octanol–water partition coefficient (Wildman–Crippen LogP) is 1.72. The summed E-state index contributed by atoms with van der Waals surface area (Å²) in [5, 5.41) is 5.40. The monoisotopic (exact) mass is 291 g/mol. The van der Waals surface area contributed by atoms with Crippen molar-refractivity contribution in [2.24, 2.45) is 5.92 Å². The molecule has 0 bridgehead atoms. The molecule has 0 aliphatic heterocycles. The van der Waals surface area contributed by atoms with Crippen LogP contribution in [0.25, 0.3) is 0 Å². The van der Waals surface area contributed by atoms with Crippen LogP contribution in [0.2, 0.25) is 0 Å². The topological polar surface area (TPSA) is 61.4 Å².